The Bertz CT molecular complexity index is 1110. The average Bonchev–Trinajstić information content (AvgIpc) is 3.38. The van der Waals surface area contributed by atoms with Gasteiger partial charge in [0.05, 0.1) is 29.3 Å². The summed E-state index contributed by atoms with van der Waals surface area (Å²) in [6, 6.07) is 16.4. The number of imide groups is 1. The van der Waals surface area contributed by atoms with Gasteiger partial charge in [-0.05, 0) is 43.4 Å². The second kappa shape index (κ2) is 9.62. The summed E-state index contributed by atoms with van der Waals surface area (Å²) in [6.45, 7) is 1.37. The van der Waals surface area contributed by atoms with Crippen LogP contribution in [0, 0.1) is 0 Å². The summed E-state index contributed by atoms with van der Waals surface area (Å²) in [5.74, 6) is -1.12. The van der Waals surface area contributed by atoms with E-state index in [4.69, 9.17) is 4.74 Å². The van der Waals surface area contributed by atoms with Crippen LogP contribution in [0.1, 0.15) is 52.0 Å². The van der Waals surface area contributed by atoms with Crippen molar-refractivity contribution < 1.29 is 23.9 Å². The van der Waals surface area contributed by atoms with Gasteiger partial charge in [0.25, 0.3) is 11.8 Å². The number of piperidine rings is 1. The molecule has 3 heterocycles. The number of amides is 4. The summed E-state index contributed by atoms with van der Waals surface area (Å²) in [4.78, 5) is 52.9. The lowest BCUT2D eigenvalue weighted by molar-refractivity contribution is -0.137. The predicted molar refractivity (Wildman–Crippen MR) is 128 cm³/mol. The van der Waals surface area contributed by atoms with Crippen LogP contribution in [-0.4, -0.2) is 71.3 Å². The SMILES string of the molecule is O=C(CN1C(=O)c2ccccc2C1=O)NC[C@H]1CCC2(CCN(C(=O)Cc3ccccc3)CC2)O1. The second-order valence-corrected chi connectivity index (χ2v) is 9.55. The highest BCUT2D eigenvalue weighted by Gasteiger charge is 2.43. The van der Waals surface area contributed by atoms with Gasteiger partial charge in [0, 0.05) is 19.6 Å². The third-order valence-electron chi connectivity index (χ3n) is 7.27. The Balaban J connectivity index is 1.06. The van der Waals surface area contributed by atoms with Gasteiger partial charge in [0.2, 0.25) is 11.8 Å². The van der Waals surface area contributed by atoms with Gasteiger partial charge in [-0.15, -0.1) is 0 Å². The van der Waals surface area contributed by atoms with Crippen LogP contribution in [0.25, 0.3) is 0 Å². The molecule has 0 aliphatic carbocycles. The smallest absolute Gasteiger partial charge is 0.262 e. The fraction of sp³-hybridized carbons (Fsp3) is 0.407. The minimum atomic E-state index is -0.439. The zero-order chi connectivity index (χ0) is 24.4. The maximum absolute atomic E-state index is 12.7. The third-order valence-corrected chi connectivity index (χ3v) is 7.27. The van der Waals surface area contributed by atoms with E-state index < -0.39 is 11.8 Å². The summed E-state index contributed by atoms with van der Waals surface area (Å²) in [6.07, 6.45) is 3.58. The molecule has 0 radical (unpaired) electrons. The minimum absolute atomic E-state index is 0.118. The monoisotopic (exact) mass is 475 g/mol. The Morgan fingerprint density at radius 1 is 0.914 bits per heavy atom. The van der Waals surface area contributed by atoms with Crippen LogP contribution in [0.4, 0.5) is 0 Å². The largest absolute Gasteiger partial charge is 0.370 e. The van der Waals surface area contributed by atoms with Crippen LogP contribution in [-0.2, 0) is 20.7 Å². The zero-order valence-corrected chi connectivity index (χ0v) is 19.6. The molecule has 3 aliphatic heterocycles. The molecule has 2 fully saturated rings. The van der Waals surface area contributed by atoms with Crippen molar-refractivity contribution in [3.05, 3.63) is 71.3 Å². The van der Waals surface area contributed by atoms with Crippen molar-refractivity contribution >= 4 is 23.6 Å². The van der Waals surface area contributed by atoms with Crippen molar-refractivity contribution in [3.8, 4) is 0 Å². The van der Waals surface area contributed by atoms with Crippen LogP contribution in [0.15, 0.2) is 54.6 Å². The maximum atomic E-state index is 12.7. The summed E-state index contributed by atoms with van der Waals surface area (Å²) >= 11 is 0. The normalized spacial score (nSPS) is 20.9. The van der Waals surface area contributed by atoms with Crippen molar-refractivity contribution in [2.75, 3.05) is 26.2 Å². The summed E-state index contributed by atoms with van der Waals surface area (Å²) in [7, 11) is 0. The van der Waals surface area contributed by atoms with Crippen LogP contribution in [0.3, 0.4) is 0 Å². The van der Waals surface area contributed by atoms with Crippen LogP contribution < -0.4 is 5.32 Å². The number of carbonyl (C=O) groups excluding carboxylic acids is 4. The van der Waals surface area contributed by atoms with Gasteiger partial charge >= 0.3 is 0 Å². The molecule has 0 saturated carbocycles. The Morgan fingerprint density at radius 3 is 2.20 bits per heavy atom. The van der Waals surface area contributed by atoms with Crippen molar-refractivity contribution in [1.29, 1.82) is 0 Å². The first kappa shape index (κ1) is 23.2. The molecule has 0 aromatic heterocycles. The number of hydrogen-bond donors (Lipinski definition) is 1. The number of nitrogens with one attached hydrogen (secondary N) is 1. The summed E-state index contributed by atoms with van der Waals surface area (Å²) < 4.78 is 6.35. The molecule has 8 nitrogen and oxygen atoms in total. The molecule has 2 aromatic carbocycles. The first-order valence-electron chi connectivity index (χ1n) is 12.2. The van der Waals surface area contributed by atoms with Gasteiger partial charge < -0.3 is 15.0 Å². The van der Waals surface area contributed by atoms with Gasteiger partial charge in [0.1, 0.15) is 6.54 Å². The Hall–Kier alpha value is -3.52. The van der Waals surface area contributed by atoms with E-state index in [0.717, 1.165) is 36.1 Å². The molecule has 0 bridgehead atoms. The van der Waals surface area contributed by atoms with Crippen molar-refractivity contribution in [2.45, 2.75) is 43.8 Å². The molecule has 1 N–H and O–H groups in total. The fourth-order valence-electron chi connectivity index (χ4n) is 5.26. The topological polar surface area (TPSA) is 96.0 Å². The zero-order valence-electron chi connectivity index (χ0n) is 19.6. The molecule has 2 saturated heterocycles. The standard InChI is InChI=1S/C27H29N3O5/c31-23(18-30-25(33)21-8-4-5-9-22(21)26(30)34)28-17-20-10-11-27(35-20)12-14-29(15-13-27)24(32)16-19-6-2-1-3-7-19/h1-9,20H,10-18H2,(H,28,31)/t20-/m1/s1. The van der Waals surface area contributed by atoms with Crippen molar-refractivity contribution in [1.82, 2.24) is 15.1 Å². The van der Waals surface area contributed by atoms with Gasteiger partial charge in [-0.3, -0.25) is 24.1 Å². The lowest BCUT2D eigenvalue weighted by atomic mass is 9.88. The third kappa shape index (κ3) is 4.84. The van der Waals surface area contributed by atoms with Crippen LogP contribution in [0.2, 0.25) is 0 Å². The highest BCUT2D eigenvalue weighted by molar-refractivity contribution is 6.22. The number of benzene rings is 2. The van der Waals surface area contributed by atoms with Crippen LogP contribution >= 0.6 is 0 Å². The molecule has 182 valence electrons. The first-order chi connectivity index (χ1) is 16.9. The fourth-order valence-corrected chi connectivity index (χ4v) is 5.26. The quantitative estimate of drug-likeness (QED) is 0.646. The highest BCUT2D eigenvalue weighted by atomic mass is 16.5. The number of hydrogen-bond acceptors (Lipinski definition) is 5. The van der Waals surface area contributed by atoms with Gasteiger partial charge in [-0.25, -0.2) is 0 Å². The van der Waals surface area contributed by atoms with E-state index >= 15 is 0 Å². The van der Waals surface area contributed by atoms with Crippen LogP contribution in [0.5, 0.6) is 0 Å². The average molecular weight is 476 g/mol. The Labute approximate surface area is 204 Å². The number of nitrogens with zero attached hydrogens (tertiary/aromatic N) is 2. The lowest BCUT2D eigenvalue weighted by Gasteiger charge is -2.39. The van der Waals surface area contributed by atoms with Gasteiger partial charge in [-0.2, -0.15) is 0 Å². The highest BCUT2D eigenvalue weighted by Crippen LogP contribution is 2.38. The molecular weight excluding hydrogens is 446 g/mol. The van der Waals surface area contributed by atoms with Gasteiger partial charge in [0.15, 0.2) is 0 Å². The van der Waals surface area contributed by atoms with Gasteiger partial charge in [-0.1, -0.05) is 42.5 Å². The van der Waals surface area contributed by atoms with Crippen molar-refractivity contribution in [2.24, 2.45) is 0 Å². The molecule has 4 amide bonds. The van der Waals surface area contributed by atoms with E-state index in [1.54, 1.807) is 24.3 Å². The van der Waals surface area contributed by atoms with E-state index in [-0.39, 0.29) is 30.1 Å². The Morgan fingerprint density at radius 2 is 1.54 bits per heavy atom. The molecule has 1 atom stereocenters. The molecule has 0 unspecified atom stereocenters. The number of carbonyl (C=O) groups is 4. The van der Waals surface area contributed by atoms with E-state index in [1.165, 1.54) is 0 Å². The minimum Gasteiger partial charge on any atom is -0.370 e. The molecule has 1 spiro atoms. The Kier molecular flexibility index (Phi) is 6.38. The van der Waals surface area contributed by atoms with E-state index in [9.17, 15) is 19.2 Å². The second-order valence-electron chi connectivity index (χ2n) is 9.55. The van der Waals surface area contributed by atoms with E-state index in [1.807, 2.05) is 35.2 Å². The summed E-state index contributed by atoms with van der Waals surface area (Å²) in [5, 5.41) is 2.82. The molecule has 5 rings (SSSR count). The van der Waals surface area contributed by atoms with Crippen molar-refractivity contribution in [3.63, 3.8) is 0 Å². The number of rotatable bonds is 6. The summed E-state index contributed by atoms with van der Waals surface area (Å²) in [5.41, 5.74) is 1.44. The number of ether oxygens (including phenoxy) is 1. The molecule has 35 heavy (non-hydrogen) atoms. The molecular formula is C27H29N3O5. The number of likely N-dealkylation sites (tertiary alicyclic amines) is 1. The van der Waals surface area contributed by atoms with E-state index in [2.05, 4.69) is 5.32 Å². The molecule has 3 aliphatic rings. The number of fused-ring (bicyclic) bond motifs is 1. The molecule has 2 aromatic rings. The first-order valence-corrected chi connectivity index (χ1v) is 12.2. The molecule has 8 heteroatoms. The predicted octanol–water partition coefficient (Wildman–Crippen LogP) is 2.18. The maximum Gasteiger partial charge on any atom is 0.262 e. The van der Waals surface area contributed by atoms with E-state index in [0.29, 0.717) is 37.2 Å². The lowest BCUT2D eigenvalue weighted by Crippen LogP contribution is -2.48.